The third kappa shape index (κ3) is 18.4. The molecule has 11 rings (SSSR count). The van der Waals surface area contributed by atoms with Crippen molar-refractivity contribution in [2.24, 2.45) is 0 Å². The average molecular weight is 1170 g/mol. The molecule has 436 valence electrons. The van der Waals surface area contributed by atoms with Gasteiger partial charge in [0.2, 0.25) is 5.75 Å². The van der Waals surface area contributed by atoms with Crippen LogP contribution >= 0.6 is 12.6 Å². The van der Waals surface area contributed by atoms with Crippen molar-refractivity contribution in [3.63, 3.8) is 0 Å². The molecule has 10 nitrogen and oxygen atoms in total. The second-order valence-corrected chi connectivity index (χ2v) is 21.2. The molecular formula is C76H66O10S. The Balaban J connectivity index is 0.953. The molecular weight excluding hydrogens is 1100 g/mol. The van der Waals surface area contributed by atoms with E-state index in [0.29, 0.717) is 97.1 Å². The van der Waals surface area contributed by atoms with Crippen molar-refractivity contribution in [3.05, 3.63) is 329 Å². The summed E-state index contributed by atoms with van der Waals surface area (Å²) in [5.74, 6) is 5.57. The van der Waals surface area contributed by atoms with Gasteiger partial charge in [-0.15, -0.1) is 12.6 Å². The molecule has 0 aliphatic carbocycles. The first-order valence-electron chi connectivity index (χ1n) is 28.8. The first-order valence-corrected chi connectivity index (χ1v) is 29.3. The second-order valence-electron chi connectivity index (χ2n) is 20.7. The summed E-state index contributed by atoms with van der Waals surface area (Å²) >= 11 is 4.51. The Morgan fingerprint density at radius 3 is 0.678 bits per heavy atom. The first-order chi connectivity index (χ1) is 42.9. The van der Waals surface area contributed by atoms with Gasteiger partial charge in [-0.2, -0.15) is 0 Å². The lowest BCUT2D eigenvalue weighted by atomic mass is 10.1. The summed E-state index contributed by atoms with van der Waals surface area (Å²) in [6.07, 6.45) is 0. The van der Waals surface area contributed by atoms with Crippen LogP contribution in [0.3, 0.4) is 0 Å². The van der Waals surface area contributed by atoms with E-state index in [1.807, 2.05) is 273 Å². The molecule has 0 spiro atoms. The Hall–Kier alpha value is -10.2. The molecule has 0 atom stereocenters. The van der Waals surface area contributed by atoms with E-state index >= 15 is 0 Å². The van der Waals surface area contributed by atoms with Gasteiger partial charge in [0.25, 0.3) is 0 Å². The van der Waals surface area contributed by atoms with Gasteiger partial charge in [-0.3, -0.25) is 0 Å². The molecule has 0 unspecified atom stereocenters. The Morgan fingerprint density at radius 1 is 0.184 bits per heavy atom. The Bertz CT molecular complexity index is 3530. The number of hydrogen-bond acceptors (Lipinski definition) is 11. The van der Waals surface area contributed by atoms with Gasteiger partial charge in [0, 0.05) is 23.1 Å². The van der Waals surface area contributed by atoms with E-state index in [1.54, 1.807) is 0 Å². The molecule has 11 aromatic carbocycles. The van der Waals surface area contributed by atoms with Gasteiger partial charge >= 0.3 is 0 Å². The van der Waals surface area contributed by atoms with E-state index < -0.39 is 0 Å². The predicted molar refractivity (Wildman–Crippen MR) is 341 cm³/mol. The van der Waals surface area contributed by atoms with Crippen LogP contribution in [0.25, 0.3) is 0 Å². The standard InChI is InChI=1S/C76H66O10S/c87-73-33-31-66(32-34-73)77-52-65-41-74(84-53-62-35-67(78-46-56-19-7-1-8-20-56)43-68(36-62)79-47-57-21-9-2-10-22-57)76(86-55-64-39-71(82-50-60-27-15-5-16-28-60)45-72(40-64)83-51-61-29-17-6-18-30-61)75(42-65)85-54-63-37-69(80-48-58-23-11-3-12-24-58)44-70(38-63)81-49-59-25-13-4-14-26-59/h1-45,87H,46-55H2. The van der Waals surface area contributed by atoms with E-state index in [9.17, 15) is 0 Å². The highest BCUT2D eigenvalue weighted by atomic mass is 32.1. The number of ether oxygens (including phenoxy) is 10. The minimum atomic E-state index is 0.0729. The van der Waals surface area contributed by atoms with Gasteiger partial charge in [0.05, 0.1) is 0 Å². The summed E-state index contributed by atoms with van der Waals surface area (Å²) in [5, 5.41) is 0. The number of rotatable bonds is 30. The van der Waals surface area contributed by atoms with Gasteiger partial charge in [0.15, 0.2) is 11.5 Å². The molecule has 0 fully saturated rings. The Kier molecular flexibility index (Phi) is 20.5. The van der Waals surface area contributed by atoms with Gasteiger partial charge in [-0.25, -0.2) is 0 Å². The average Bonchev–Trinajstić information content (AvgIpc) is 3.46. The molecule has 0 N–H and O–H groups in total. The maximum absolute atomic E-state index is 7.03. The minimum Gasteiger partial charge on any atom is -0.489 e. The third-order valence-corrected chi connectivity index (χ3v) is 14.1. The van der Waals surface area contributed by atoms with E-state index in [-0.39, 0.29) is 26.4 Å². The fraction of sp³-hybridized carbons (Fsp3) is 0.132. The molecule has 0 saturated heterocycles. The van der Waals surface area contributed by atoms with E-state index in [2.05, 4.69) is 12.6 Å². The monoisotopic (exact) mass is 1170 g/mol. The van der Waals surface area contributed by atoms with E-state index in [1.165, 1.54) is 0 Å². The lowest BCUT2D eigenvalue weighted by Gasteiger charge is -2.20. The van der Waals surface area contributed by atoms with E-state index in [4.69, 9.17) is 47.4 Å². The third-order valence-electron chi connectivity index (χ3n) is 13.8. The van der Waals surface area contributed by atoms with Gasteiger partial charge in [-0.05, 0) is 128 Å². The largest absolute Gasteiger partial charge is 0.489 e. The highest BCUT2D eigenvalue weighted by Gasteiger charge is 2.20. The zero-order valence-electron chi connectivity index (χ0n) is 48.1. The van der Waals surface area contributed by atoms with Crippen LogP contribution < -0.4 is 47.4 Å². The summed E-state index contributed by atoms with van der Waals surface area (Å²) in [7, 11) is 0. The summed E-state index contributed by atoms with van der Waals surface area (Å²) in [6, 6.07) is 89.3. The molecule has 0 aromatic heterocycles. The van der Waals surface area contributed by atoms with Gasteiger partial charge in [0.1, 0.15) is 106 Å². The minimum absolute atomic E-state index is 0.0729. The Morgan fingerprint density at radius 2 is 0.402 bits per heavy atom. The predicted octanol–water partition coefficient (Wildman–Crippen LogP) is 17.8. The summed E-state index contributed by atoms with van der Waals surface area (Å²) in [4.78, 5) is 0.824. The maximum Gasteiger partial charge on any atom is 0.203 e. The summed E-state index contributed by atoms with van der Waals surface area (Å²) in [5.41, 5.74) is 9.33. The molecule has 0 radical (unpaired) electrons. The summed E-state index contributed by atoms with van der Waals surface area (Å²) < 4.78 is 66.1. The number of benzene rings is 11. The highest BCUT2D eigenvalue weighted by Crippen LogP contribution is 2.42. The van der Waals surface area contributed by atoms with Crippen LogP contribution in [0.2, 0.25) is 0 Å². The van der Waals surface area contributed by atoms with Crippen molar-refractivity contribution in [1.29, 1.82) is 0 Å². The molecule has 0 aliphatic rings. The topological polar surface area (TPSA) is 92.3 Å². The highest BCUT2D eigenvalue weighted by molar-refractivity contribution is 7.80. The molecule has 11 heteroatoms. The Labute approximate surface area is 514 Å². The van der Waals surface area contributed by atoms with Crippen LogP contribution in [-0.2, 0) is 66.1 Å². The van der Waals surface area contributed by atoms with Crippen molar-refractivity contribution in [2.75, 3.05) is 0 Å². The van der Waals surface area contributed by atoms with Crippen LogP contribution in [-0.4, -0.2) is 0 Å². The molecule has 0 saturated carbocycles. The van der Waals surface area contributed by atoms with Crippen molar-refractivity contribution < 1.29 is 47.4 Å². The lowest BCUT2D eigenvalue weighted by molar-refractivity contribution is 0.225. The molecule has 0 aliphatic heterocycles. The molecule has 0 heterocycles. The lowest BCUT2D eigenvalue weighted by Crippen LogP contribution is -2.07. The van der Waals surface area contributed by atoms with Crippen LogP contribution in [0.4, 0.5) is 0 Å². The van der Waals surface area contributed by atoms with Crippen molar-refractivity contribution >= 4 is 12.6 Å². The smallest absolute Gasteiger partial charge is 0.203 e. The fourth-order valence-corrected chi connectivity index (χ4v) is 9.49. The van der Waals surface area contributed by atoms with E-state index in [0.717, 1.165) is 60.5 Å². The normalized spacial score (nSPS) is 10.8. The quantitative estimate of drug-likeness (QED) is 0.0439. The van der Waals surface area contributed by atoms with Gasteiger partial charge in [-0.1, -0.05) is 182 Å². The molecule has 0 bridgehead atoms. The SMILES string of the molecule is Sc1ccc(OCc2cc(OCc3cc(OCc4ccccc4)cc(OCc4ccccc4)c3)c(OCc3cc(OCc4ccccc4)cc(OCc4ccccc4)c3)c(OCc3cc(OCc4ccccc4)cc(OCc4ccccc4)c3)c2)cc1. The van der Waals surface area contributed by atoms with Crippen LogP contribution in [0.5, 0.6) is 57.5 Å². The molecule has 87 heavy (non-hydrogen) atoms. The zero-order valence-corrected chi connectivity index (χ0v) is 49.0. The maximum atomic E-state index is 7.03. The van der Waals surface area contributed by atoms with Crippen molar-refractivity contribution in [1.82, 2.24) is 0 Å². The van der Waals surface area contributed by atoms with Crippen LogP contribution in [0, 0.1) is 0 Å². The second kappa shape index (κ2) is 30.5. The van der Waals surface area contributed by atoms with Crippen LogP contribution in [0.15, 0.2) is 278 Å². The first kappa shape index (κ1) is 58.5. The number of thiol groups is 1. The summed E-state index contributed by atoms with van der Waals surface area (Å²) in [6.45, 7) is 2.59. The van der Waals surface area contributed by atoms with Crippen molar-refractivity contribution in [3.8, 4) is 57.5 Å². The van der Waals surface area contributed by atoms with Crippen molar-refractivity contribution in [2.45, 2.75) is 71.0 Å². The van der Waals surface area contributed by atoms with Gasteiger partial charge < -0.3 is 47.4 Å². The fourth-order valence-electron chi connectivity index (χ4n) is 9.35. The molecule has 0 amide bonds. The zero-order chi connectivity index (χ0) is 59.1. The number of hydrogen-bond donors (Lipinski definition) is 1. The van der Waals surface area contributed by atoms with Crippen LogP contribution in [0.1, 0.15) is 55.6 Å². The molecule has 11 aromatic rings.